The molecule has 5 nitrogen and oxygen atoms in total. The van der Waals surface area contributed by atoms with Crippen LogP contribution in [0.4, 0.5) is 15.9 Å². The Balaban J connectivity index is 2.96. The van der Waals surface area contributed by atoms with Gasteiger partial charge in [-0.05, 0) is 0 Å². The van der Waals surface area contributed by atoms with Crippen molar-refractivity contribution >= 4 is 33.9 Å². The molecule has 4 N–H and O–H groups in total. The predicted octanol–water partition coefficient (Wildman–Crippen LogP) is 1.31. The van der Waals surface area contributed by atoms with Gasteiger partial charge < -0.3 is 10.7 Å². The van der Waals surface area contributed by atoms with E-state index in [0.29, 0.717) is 11.1 Å². The molecule has 0 fully saturated rings. The van der Waals surface area contributed by atoms with E-state index in [-0.39, 0.29) is 16.4 Å². The first-order chi connectivity index (χ1) is 7.52. The maximum Gasteiger partial charge on any atom is 0.152 e. The summed E-state index contributed by atoms with van der Waals surface area (Å²) < 4.78 is 13.5. The smallest absolute Gasteiger partial charge is 0.152 e. The molecular weight excluding hydrogens is 233 g/mol. The second-order valence-electron chi connectivity index (χ2n) is 3.29. The Labute approximate surface area is 95.8 Å². The van der Waals surface area contributed by atoms with Crippen molar-refractivity contribution in [2.45, 2.75) is 0 Å². The second-order valence-corrected chi connectivity index (χ2v) is 3.65. The van der Waals surface area contributed by atoms with Crippen molar-refractivity contribution in [2.75, 3.05) is 17.8 Å². The maximum absolute atomic E-state index is 13.5. The molecule has 0 unspecified atom stereocenters. The van der Waals surface area contributed by atoms with Crippen LogP contribution in [0.1, 0.15) is 0 Å². The summed E-state index contributed by atoms with van der Waals surface area (Å²) in [5, 5.41) is 1.85. The molecule has 0 bridgehead atoms. The van der Waals surface area contributed by atoms with Gasteiger partial charge in [0.1, 0.15) is 10.8 Å². The summed E-state index contributed by atoms with van der Waals surface area (Å²) in [5.41, 5.74) is 6.07. The van der Waals surface area contributed by atoms with Crippen LogP contribution in [0.25, 0.3) is 10.8 Å². The number of nitrogen functional groups attached to an aromatic ring is 1. The molecule has 0 spiro atoms. The molecule has 0 atom stereocenters. The van der Waals surface area contributed by atoms with Crippen molar-refractivity contribution < 1.29 is 4.39 Å². The molecule has 16 heavy (non-hydrogen) atoms. The normalized spacial score (nSPS) is 10.8. The zero-order chi connectivity index (χ0) is 11.9. The first-order valence-electron chi connectivity index (χ1n) is 4.39. The van der Waals surface area contributed by atoms with Crippen LogP contribution in [0.5, 0.6) is 0 Å². The standard InChI is InChI=1S/C9H9ClFN5/c1-16(13)7-4-2-14-3-5(11)6(4)8(10)15-9(7)12/h2-3H,13H2,1H3,(H2,12,15). The highest BCUT2D eigenvalue weighted by Gasteiger charge is 2.16. The Morgan fingerprint density at radius 1 is 1.44 bits per heavy atom. The van der Waals surface area contributed by atoms with E-state index in [0.717, 1.165) is 6.20 Å². The van der Waals surface area contributed by atoms with Gasteiger partial charge in [0.05, 0.1) is 11.6 Å². The molecule has 2 aromatic heterocycles. The van der Waals surface area contributed by atoms with Crippen LogP contribution < -0.4 is 16.6 Å². The Hall–Kier alpha value is -1.66. The van der Waals surface area contributed by atoms with Gasteiger partial charge in [-0.25, -0.2) is 15.2 Å². The van der Waals surface area contributed by atoms with Gasteiger partial charge in [0, 0.05) is 18.6 Å². The number of nitrogens with zero attached hydrogens (tertiary/aromatic N) is 3. The summed E-state index contributed by atoms with van der Waals surface area (Å²) in [5.74, 6) is 5.18. The third kappa shape index (κ3) is 1.52. The van der Waals surface area contributed by atoms with Gasteiger partial charge in [-0.15, -0.1) is 0 Å². The largest absolute Gasteiger partial charge is 0.382 e. The van der Waals surface area contributed by atoms with E-state index in [2.05, 4.69) is 9.97 Å². The number of anilines is 2. The molecule has 0 saturated heterocycles. The Bertz CT molecular complexity index is 557. The molecule has 0 aliphatic carbocycles. The third-order valence-electron chi connectivity index (χ3n) is 2.18. The lowest BCUT2D eigenvalue weighted by atomic mass is 10.2. The summed E-state index contributed by atoms with van der Waals surface area (Å²) in [6, 6.07) is 0. The number of hydrogen-bond acceptors (Lipinski definition) is 5. The number of nitrogens with two attached hydrogens (primary N) is 2. The molecule has 0 saturated carbocycles. The number of aromatic nitrogens is 2. The molecule has 2 rings (SSSR count). The number of rotatable bonds is 1. The lowest BCUT2D eigenvalue weighted by molar-refractivity contribution is 0.633. The molecule has 84 valence electrons. The van der Waals surface area contributed by atoms with Crippen molar-refractivity contribution in [1.29, 1.82) is 0 Å². The molecule has 0 aliphatic rings. The lowest BCUT2D eigenvalue weighted by Crippen LogP contribution is -2.26. The molecular formula is C9H9ClFN5. The van der Waals surface area contributed by atoms with Gasteiger partial charge >= 0.3 is 0 Å². The Kier molecular flexibility index (Phi) is 2.53. The van der Waals surface area contributed by atoms with Crippen molar-refractivity contribution in [1.82, 2.24) is 9.97 Å². The molecule has 0 amide bonds. The zero-order valence-corrected chi connectivity index (χ0v) is 9.16. The van der Waals surface area contributed by atoms with Crippen LogP contribution in [-0.4, -0.2) is 17.0 Å². The summed E-state index contributed by atoms with van der Waals surface area (Å²) in [6.45, 7) is 0. The first kappa shape index (κ1) is 10.8. The number of fused-ring (bicyclic) bond motifs is 1. The van der Waals surface area contributed by atoms with Crippen LogP contribution in [0, 0.1) is 5.82 Å². The van der Waals surface area contributed by atoms with E-state index in [4.69, 9.17) is 23.2 Å². The Morgan fingerprint density at radius 2 is 2.12 bits per heavy atom. The van der Waals surface area contributed by atoms with Crippen molar-refractivity contribution in [3.8, 4) is 0 Å². The molecule has 7 heteroatoms. The average Bonchev–Trinajstić information content (AvgIpc) is 2.15. The lowest BCUT2D eigenvalue weighted by Gasteiger charge is -2.17. The minimum Gasteiger partial charge on any atom is -0.382 e. The summed E-state index contributed by atoms with van der Waals surface area (Å²) in [4.78, 5) is 7.58. The van der Waals surface area contributed by atoms with E-state index in [1.807, 2.05) is 0 Å². The number of hydrazine groups is 1. The monoisotopic (exact) mass is 241 g/mol. The van der Waals surface area contributed by atoms with Crippen LogP contribution in [0.2, 0.25) is 5.15 Å². The van der Waals surface area contributed by atoms with E-state index in [1.165, 1.54) is 11.2 Å². The van der Waals surface area contributed by atoms with E-state index in [9.17, 15) is 4.39 Å². The zero-order valence-electron chi connectivity index (χ0n) is 8.41. The van der Waals surface area contributed by atoms with Crippen molar-refractivity contribution in [3.63, 3.8) is 0 Å². The average molecular weight is 242 g/mol. The van der Waals surface area contributed by atoms with Gasteiger partial charge in [-0.1, -0.05) is 11.6 Å². The molecule has 2 aromatic rings. The SMILES string of the molecule is CN(N)c1c(N)nc(Cl)c2c(F)cncc12. The number of pyridine rings is 2. The highest BCUT2D eigenvalue weighted by atomic mass is 35.5. The van der Waals surface area contributed by atoms with Crippen LogP contribution in [0.3, 0.4) is 0 Å². The van der Waals surface area contributed by atoms with E-state index >= 15 is 0 Å². The van der Waals surface area contributed by atoms with Crippen LogP contribution in [0.15, 0.2) is 12.4 Å². The highest BCUT2D eigenvalue weighted by Crippen LogP contribution is 2.34. The van der Waals surface area contributed by atoms with E-state index in [1.54, 1.807) is 7.05 Å². The molecule has 0 aliphatic heterocycles. The van der Waals surface area contributed by atoms with Gasteiger partial charge in [0.25, 0.3) is 0 Å². The van der Waals surface area contributed by atoms with Gasteiger partial charge in [-0.3, -0.25) is 4.98 Å². The van der Waals surface area contributed by atoms with E-state index < -0.39 is 5.82 Å². The topological polar surface area (TPSA) is 81.1 Å². The van der Waals surface area contributed by atoms with Crippen molar-refractivity contribution in [3.05, 3.63) is 23.4 Å². The van der Waals surface area contributed by atoms with Crippen molar-refractivity contribution in [2.24, 2.45) is 5.84 Å². The fraction of sp³-hybridized carbons (Fsp3) is 0.111. The predicted molar refractivity (Wildman–Crippen MR) is 61.5 cm³/mol. The quantitative estimate of drug-likeness (QED) is 0.447. The second kappa shape index (κ2) is 3.73. The minimum atomic E-state index is -0.557. The minimum absolute atomic E-state index is 0.00185. The fourth-order valence-electron chi connectivity index (χ4n) is 1.55. The van der Waals surface area contributed by atoms with Crippen LogP contribution >= 0.6 is 11.6 Å². The fourth-order valence-corrected chi connectivity index (χ4v) is 1.83. The van der Waals surface area contributed by atoms with Gasteiger partial charge in [0.15, 0.2) is 11.6 Å². The maximum atomic E-state index is 13.5. The molecule has 0 radical (unpaired) electrons. The molecule has 2 heterocycles. The summed E-state index contributed by atoms with van der Waals surface area (Å²) in [6.07, 6.45) is 2.51. The van der Waals surface area contributed by atoms with Gasteiger partial charge in [-0.2, -0.15) is 0 Å². The Morgan fingerprint density at radius 3 is 2.75 bits per heavy atom. The first-order valence-corrected chi connectivity index (χ1v) is 4.76. The summed E-state index contributed by atoms with van der Waals surface area (Å²) in [7, 11) is 1.58. The summed E-state index contributed by atoms with van der Waals surface area (Å²) >= 11 is 5.83. The highest BCUT2D eigenvalue weighted by molar-refractivity contribution is 6.35. The number of halogens is 2. The number of hydrogen-bond donors (Lipinski definition) is 2. The molecule has 0 aromatic carbocycles. The van der Waals surface area contributed by atoms with Crippen LogP contribution in [-0.2, 0) is 0 Å². The van der Waals surface area contributed by atoms with Gasteiger partial charge in [0.2, 0.25) is 0 Å². The third-order valence-corrected chi connectivity index (χ3v) is 2.45.